The third-order valence-corrected chi connectivity index (χ3v) is 7.62. The summed E-state index contributed by atoms with van der Waals surface area (Å²) in [5, 5.41) is 8.60. The lowest BCUT2D eigenvalue weighted by atomic mass is 9.93. The molecule has 9 nitrogen and oxygen atoms in total. The molecule has 0 bridgehead atoms. The maximum absolute atomic E-state index is 13.7. The Morgan fingerprint density at radius 3 is 1.74 bits per heavy atom. The summed E-state index contributed by atoms with van der Waals surface area (Å²) < 4.78 is 5.37. The molecule has 1 aliphatic heterocycles. The van der Waals surface area contributed by atoms with E-state index in [2.05, 4.69) is 16.0 Å². The summed E-state index contributed by atoms with van der Waals surface area (Å²) in [5.41, 5.74) is 7.24. The Kier molecular flexibility index (Phi) is 12.5. The molecular weight excluding hydrogens is 544 g/mol. The topological polar surface area (TPSA) is 143 Å². The van der Waals surface area contributed by atoms with E-state index < -0.39 is 47.5 Å². The fourth-order valence-electron chi connectivity index (χ4n) is 5.01. The monoisotopic (exact) mass is 592 g/mol. The van der Waals surface area contributed by atoms with Gasteiger partial charge in [-0.05, 0) is 55.6 Å². The Balaban J connectivity index is 1.74. The van der Waals surface area contributed by atoms with Gasteiger partial charge in [0.15, 0.2) is 5.78 Å². The van der Waals surface area contributed by atoms with Crippen molar-refractivity contribution in [2.24, 2.45) is 17.6 Å². The first kappa shape index (κ1) is 33.9. The first-order valence-electron chi connectivity index (χ1n) is 15.3. The minimum absolute atomic E-state index is 0.0883. The molecule has 3 rings (SSSR count). The molecule has 5 atom stereocenters. The van der Waals surface area contributed by atoms with Crippen LogP contribution in [0.15, 0.2) is 60.7 Å². The largest absolute Gasteiger partial charge is 0.361 e. The number of rotatable bonds is 17. The fraction of sp³-hybridized carbons (Fsp3) is 0.529. The molecule has 234 valence electrons. The van der Waals surface area contributed by atoms with Gasteiger partial charge in [0.05, 0.1) is 18.7 Å². The van der Waals surface area contributed by atoms with Gasteiger partial charge in [-0.25, -0.2) is 0 Å². The Labute approximate surface area is 255 Å². The number of ether oxygens (including phenoxy) is 1. The van der Waals surface area contributed by atoms with Gasteiger partial charge in [0.1, 0.15) is 17.7 Å². The lowest BCUT2D eigenvalue weighted by Gasteiger charge is -2.27. The lowest BCUT2D eigenvalue weighted by molar-refractivity contribution is -0.134. The SMILES string of the molecule is CC(C)CC(NC(=O)[C@H](Cc1ccccc1)NC(=O)[C@H](CC(C)C)NC(=O)[C@@H](N)CCc1ccccc1)C(=O)[C@@]1(C)CO1. The van der Waals surface area contributed by atoms with Gasteiger partial charge in [-0.2, -0.15) is 0 Å². The van der Waals surface area contributed by atoms with Crippen molar-refractivity contribution in [1.29, 1.82) is 0 Å². The van der Waals surface area contributed by atoms with E-state index in [1.54, 1.807) is 6.92 Å². The van der Waals surface area contributed by atoms with Gasteiger partial charge in [0, 0.05) is 6.42 Å². The minimum Gasteiger partial charge on any atom is -0.361 e. The molecule has 3 amide bonds. The highest BCUT2D eigenvalue weighted by Gasteiger charge is 2.50. The molecule has 0 saturated carbocycles. The van der Waals surface area contributed by atoms with Gasteiger partial charge in [-0.1, -0.05) is 88.4 Å². The van der Waals surface area contributed by atoms with Gasteiger partial charge in [-0.3, -0.25) is 19.2 Å². The van der Waals surface area contributed by atoms with Crippen LogP contribution < -0.4 is 21.7 Å². The number of epoxide rings is 1. The van der Waals surface area contributed by atoms with Crippen LogP contribution in [0.25, 0.3) is 0 Å². The first-order valence-corrected chi connectivity index (χ1v) is 15.3. The molecule has 0 spiro atoms. The molecule has 1 heterocycles. The summed E-state index contributed by atoms with van der Waals surface area (Å²) in [6.45, 7) is 9.93. The Hall–Kier alpha value is -3.56. The number of benzene rings is 2. The number of aryl methyl sites for hydroxylation is 1. The number of ketones is 1. The van der Waals surface area contributed by atoms with Gasteiger partial charge in [0.2, 0.25) is 17.7 Å². The van der Waals surface area contributed by atoms with Crippen molar-refractivity contribution < 1.29 is 23.9 Å². The smallest absolute Gasteiger partial charge is 0.243 e. The van der Waals surface area contributed by atoms with Crippen LogP contribution in [-0.2, 0) is 36.8 Å². The molecule has 0 aliphatic carbocycles. The summed E-state index contributed by atoms with van der Waals surface area (Å²) in [6, 6.07) is 15.7. The highest BCUT2D eigenvalue weighted by Crippen LogP contribution is 2.29. The molecule has 0 aromatic heterocycles. The average molecular weight is 593 g/mol. The molecule has 2 aromatic rings. The van der Waals surface area contributed by atoms with E-state index in [4.69, 9.17) is 10.5 Å². The maximum Gasteiger partial charge on any atom is 0.243 e. The van der Waals surface area contributed by atoms with E-state index in [9.17, 15) is 19.2 Å². The highest BCUT2D eigenvalue weighted by atomic mass is 16.6. The van der Waals surface area contributed by atoms with E-state index in [-0.39, 0.29) is 24.0 Å². The van der Waals surface area contributed by atoms with Gasteiger partial charge in [-0.15, -0.1) is 0 Å². The normalized spacial score (nSPS) is 18.8. The predicted octanol–water partition coefficient (Wildman–Crippen LogP) is 3.09. The Bertz CT molecular complexity index is 1210. The van der Waals surface area contributed by atoms with E-state index in [0.717, 1.165) is 11.1 Å². The standard InChI is InChI=1S/C34H48N4O5/c1-22(2)18-27(30(39)34(5)21-43-34)36-33(42)29(20-25-14-10-7-11-15-25)38-32(41)28(19-23(3)4)37-31(40)26(35)17-16-24-12-8-6-9-13-24/h6-15,22-23,26-29H,16-21,35H2,1-5H3,(H,36,42)(H,37,40)(H,38,41)/t26-,27?,28-,29-,34+/m0/s1. The minimum atomic E-state index is -0.969. The molecule has 0 radical (unpaired) electrons. The average Bonchev–Trinajstić information content (AvgIpc) is 3.73. The zero-order valence-electron chi connectivity index (χ0n) is 26.1. The zero-order chi connectivity index (χ0) is 31.6. The lowest BCUT2D eigenvalue weighted by Crippen LogP contribution is -2.58. The molecule has 43 heavy (non-hydrogen) atoms. The number of hydrogen-bond acceptors (Lipinski definition) is 6. The van der Waals surface area contributed by atoms with Crippen LogP contribution in [0.4, 0.5) is 0 Å². The summed E-state index contributed by atoms with van der Waals surface area (Å²) in [6.07, 6.45) is 2.10. The second-order valence-electron chi connectivity index (χ2n) is 12.6. The van der Waals surface area contributed by atoms with E-state index in [1.165, 1.54) is 0 Å². The molecule has 2 aromatic carbocycles. The second kappa shape index (κ2) is 15.8. The van der Waals surface area contributed by atoms with Crippen molar-refractivity contribution in [3.8, 4) is 0 Å². The maximum atomic E-state index is 13.7. The predicted molar refractivity (Wildman–Crippen MR) is 167 cm³/mol. The van der Waals surface area contributed by atoms with Crippen LogP contribution in [0.5, 0.6) is 0 Å². The van der Waals surface area contributed by atoms with Crippen molar-refractivity contribution >= 4 is 23.5 Å². The molecular formula is C34H48N4O5. The number of amides is 3. The molecule has 1 fully saturated rings. The third-order valence-electron chi connectivity index (χ3n) is 7.62. The summed E-state index contributed by atoms with van der Waals surface area (Å²) in [5.74, 6) is -1.29. The van der Waals surface area contributed by atoms with Crippen LogP contribution in [0.1, 0.15) is 65.0 Å². The summed E-state index contributed by atoms with van der Waals surface area (Å²) >= 11 is 0. The first-order chi connectivity index (χ1) is 20.4. The van der Waals surface area contributed by atoms with Crippen molar-refractivity contribution in [2.45, 2.75) is 96.5 Å². The van der Waals surface area contributed by atoms with E-state index >= 15 is 0 Å². The number of carbonyl (C=O) groups excluding carboxylic acids is 4. The zero-order valence-corrected chi connectivity index (χ0v) is 26.1. The van der Waals surface area contributed by atoms with E-state index in [1.807, 2.05) is 88.4 Å². The van der Waals surface area contributed by atoms with Crippen LogP contribution in [0.3, 0.4) is 0 Å². The van der Waals surface area contributed by atoms with E-state index in [0.29, 0.717) is 32.3 Å². The Morgan fingerprint density at radius 1 is 0.744 bits per heavy atom. The molecule has 1 aliphatic rings. The second-order valence-corrected chi connectivity index (χ2v) is 12.6. The molecule has 1 saturated heterocycles. The number of carbonyl (C=O) groups is 4. The van der Waals surface area contributed by atoms with Gasteiger partial charge in [0.25, 0.3) is 0 Å². The molecule has 9 heteroatoms. The summed E-state index contributed by atoms with van der Waals surface area (Å²) in [7, 11) is 0. The van der Waals surface area contributed by atoms with Crippen molar-refractivity contribution in [3.05, 3.63) is 71.8 Å². The van der Waals surface area contributed by atoms with Crippen LogP contribution in [-0.4, -0.2) is 59.9 Å². The third kappa shape index (κ3) is 10.9. The van der Waals surface area contributed by atoms with Gasteiger partial charge < -0.3 is 26.4 Å². The quantitative estimate of drug-likeness (QED) is 0.208. The van der Waals surface area contributed by atoms with Gasteiger partial charge >= 0.3 is 0 Å². The van der Waals surface area contributed by atoms with Crippen LogP contribution >= 0.6 is 0 Å². The van der Waals surface area contributed by atoms with Crippen molar-refractivity contribution in [1.82, 2.24) is 16.0 Å². The van der Waals surface area contributed by atoms with Crippen LogP contribution in [0.2, 0.25) is 0 Å². The number of nitrogens with two attached hydrogens (primary N) is 1. The van der Waals surface area contributed by atoms with Crippen LogP contribution in [0, 0.1) is 11.8 Å². The summed E-state index contributed by atoms with van der Waals surface area (Å²) in [4.78, 5) is 53.6. The number of Topliss-reactive ketones (excluding diaryl/α,β-unsaturated/α-hetero) is 1. The highest BCUT2D eigenvalue weighted by molar-refractivity contribution is 5.98. The molecule has 5 N–H and O–H groups in total. The number of hydrogen-bond donors (Lipinski definition) is 4. The van der Waals surface area contributed by atoms with Crippen molar-refractivity contribution in [2.75, 3.05) is 6.61 Å². The number of nitrogens with one attached hydrogen (secondary N) is 3. The molecule has 1 unspecified atom stereocenters. The fourth-order valence-corrected chi connectivity index (χ4v) is 5.01. The van der Waals surface area contributed by atoms with Crippen molar-refractivity contribution in [3.63, 3.8) is 0 Å². The Morgan fingerprint density at radius 2 is 1.21 bits per heavy atom.